The highest BCUT2D eigenvalue weighted by molar-refractivity contribution is 5.69. The highest BCUT2D eigenvalue weighted by Crippen LogP contribution is 2.15. The number of hydrogen-bond acceptors (Lipinski definition) is 5. The van der Waals surface area contributed by atoms with Crippen molar-refractivity contribution in [2.75, 3.05) is 19.8 Å². The standard InChI is InChI=1S/C61H106O5/c1-4-7-10-13-16-19-22-25-28-31-33-36-39-42-45-48-51-54-60(62)65-57-59(64-56-53-50-47-44-41-38-35-30-27-24-21-18-15-12-9-6-3)58-66-61(63)55-52-49-46-43-40-37-34-32-29-26-23-20-17-14-11-8-5-2/h16,19,25-26,28-29,33-34,36-37,42-43,45-46,59H,4-15,17-18,20-24,27,30-32,35,38-41,44,47-58H2,1-3H3/b19-16-,28-25-,29-26-,36-33-,37-34-,45-42-,46-43-/t59-/m1/s1. The molecule has 0 spiro atoms. The molecule has 1 atom stereocenters. The third kappa shape index (κ3) is 53.7. The van der Waals surface area contributed by atoms with Crippen molar-refractivity contribution in [1.82, 2.24) is 0 Å². The van der Waals surface area contributed by atoms with Crippen LogP contribution >= 0.6 is 0 Å². The van der Waals surface area contributed by atoms with Gasteiger partial charge in [0.05, 0.1) is 0 Å². The van der Waals surface area contributed by atoms with Crippen LogP contribution in [0.4, 0.5) is 0 Å². The molecule has 0 saturated carbocycles. The second-order valence-corrected chi connectivity index (χ2v) is 18.5. The Morgan fingerprint density at radius 2 is 0.576 bits per heavy atom. The summed E-state index contributed by atoms with van der Waals surface area (Å²) in [6.45, 7) is 7.60. The number of unbranched alkanes of at least 4 members (excludes halogenated alkanes) is 26. The van der Waals surface area contributed by atoms with Crippen molar-refractivity contribution < 1.29 is 23.8 Å². The first-order valence-electron chi connectivity index (χ1n) is 28.1. The molecule has 0 aliphatic carbocycles. The molecule has 66 heavy (non-hydrogen) atoms. The summed E-state index contributed by atoms with van der Waals surface area (Å²) in [7, 11) is 0. The number of ether oxygens (including phenoxy) is 3. The van der Waals surface area contributed by atoms with Gasteiger partial charge >= 0.3 is 11.9 Å². The summed E-state index contributed by atoms with van der Waals surface area (Å²) in [5.41, 5.74) is 0. The predicted molar refractivity (Wildman–Crippen MR) is 288 cm³/mol. The summed E-state index contributed by atoms with van der Waals surface area (Å²) < 4.78 is 17.4. The van der Waals surface area contributed by atoms with Gasteiger partial charge in [0.2, 0.25) is 0 Å². The molecule has 0 rings (SSSR count). The average Bonchev–Trinajstić information content (AvgIpc) is 3.32. The maximum atomic E-state index is 12.6. The molecule has 0 N–H and O–H groups in total. The van der Waals surface area contributed by atoms with Crippen LogP contribution in [-0.2, 0) is 23.8 Å². The first kappa shape index (κ1) is 63.1. The molecule has 0 saturated heterocycles. The summed E-state index contributed by atoms with van der Waals surface area (Å²) in [4.78, 5) is 25.2. The second-order valence-electron chi connectivity index (χ2n) is 18.5. The van der Waals surface area contributed by atoms with E-state index < -0.39 is 6.10 Å². The van der Waals surface area contributed by atoms with Gasteiger partial charge in [-0.25, -0.2) is 0 Å². The molecule has 0 fully saturated rings. The highest BCUT2D eigenvalue weighted by Gasteiger charge is 2.16. The van der Waals surface area contributed by atoms with Crippen LogP contribution in [-0.4, -0.2) is 37.9 Å². The van der Waals surface area contributed by atoms with Gasteiger partial charge in [0, 0.05) is 19.4 Å². The third-order valence-electron chi connectivity index (χ3n) is 11.9. The van der Waals surface area contributed by atoms with Gasteiger partial charge in [0.1, 0.15) is 19.3 Å². The molecule has 0 aliphatic rings. The zero-order valence-electron chi connectivity index (χ0n) is 43.7. The smallest absolute Gasteiger partial charge is 0.305 e. The molecule has 0 heterocycles. The summed E-state index contributed by atoms with van der Waals surface area (Å²) in [5.74, 6) is -0.452. The number of carbonyl (C=O) groups excluding carboxylic acids is 2. The van der Waals surface area contributed by atoms with Gasteiger partial charge in [-0.05, 0) is 89.9 Å². The van der Waals surface area contributed by atoms with E-state index in [1.165, 1.54) is 161 Å². The summed E-state index contributed by atoms with van der Waals surface area (Å²) in [6.07, 6.45) is 74.9. The summed E-state index contributed by atoms with van der Waals surface area (Å²) in [5, 5.41) is 0. The molecule has 5 nitrogen and oxygen atoms in total. The van der Waals surface area contributed by atoms with E-state index in [0.717, 1.165) is 70.6 Å². The second kappa shape index (κ2) is 56.4. The maximum Gasteiger partial charge on any atom is 0.305 e. The number of carbonyl (C=O) groups is 2. The minimum Gasteiger partial charge on any atom is -0.463 e. The predicted octanol–water partition coefficient (Wildman–Crippen LogP) is 19.2. The maximum absolute atomic E-state index is 12.6. The van der Waals surface area contributed by atoms with Crippen LogP contribution in [0.25, 0.3) is 0 Å². The van der Waals surface area contributed by atoms with Crippen LogP contribution in [0.2, 0.25) is 0 Å². The monoisotopic (exact) mass is 919 g/mol. The van der Waals surface area contributed by atoms with Gasteiger partial charge in [-0.15, -0.1) is 0 Å². The lowest BCUT2D eigenvalue weighted by Gasteiger charge is -2.18. The first-order valence-corrected chi connectivity index (χ1v) is 28.1. The molecule has 0 aromatic heterocycles. The fourth-order valence-electron chi connectivity index (χ4n) is 7.67. The van der Waals surface area contributed by atoms with Gasteiger partial charge in [-0.1, -0.05) is 247 Å². The Balaban J connectivity index is 4.42. The number of rotatable bonds is 51. The van der Waals surface area contributed by atoms with Crippen molar-refractivity contribution in [2.45, 2.75) is 271 Å². The highest BCUT2D eigenvalue weighted by atomic mass is 16.6. The van der Waals surface area contributed by atoms with Crippen molar-refractivity contribution in [3.63, 3.8) is 0 Å². The molecular formula is C61H106O5. The van der Waals surface area contributed by atoms with Crippen LogP contribution in [0.5, 0.6) is 0 Å². The zero-order valence-corrected chi connectivity index (χ0v) is 43.7. The van der Waals surface area contributed by atoms with Gasteiger partial charge in [-0.3, -0.25) is 9.59 Å². The Kier molecular flexibility index (Phi) is 53.9. The van der Waals surface area contributed by atoms with Crippen molar-refractivity contribution in [1.29, 1.82) is 0 Å². The Morgan fingerprint density at radius 3 is 0.924 bits per heavy atom. The lowest BCUT2D eigenvalue weighted by molar-refractivity contribution is -0.155. The van der Waals surface area contributed by atoms with Crippen molar-refractivity contribution in [2.24, 2.45) is 0 Å². The third-order valence-corrected chi connectivity index (χ3v) is 11.9. The molecule has 0 radical (unpaired) electrons. The molecule has 0 amide bonds. The van der Waals surface area contributed by atoms with Crippen LogP contribution < -0.4 is 0 Å². The molecule has 5 heteroatoms. The lowest BCUT2D eigenvalue weighted by atomic mass is 10.0. The van der Waals surface area contributed by atoms with Crippen molar-refractivity contribution in [3.8, 4) is 0 Å². The lowest BCUT2D eigenvalue weighted by Crippen LogP contribution is -2.29. The van der Waals surface area contributed by atoms with Crippen molar-refractivity contribution >= 4 is 11.9 Å². The van der Waals surface area contributed by atoms with E-state index in [0.29, 0.717) is 19.4 Å². The van der Waals surface area contributed by atoms with Crippen LogP contribution in [0, 0.1) is 0 Å². The van der Waals surface area contributed by atoms with Gasteiger partial charge in [0.25, 0.3) is 0 Å². The molecule has 0 aliphatic heterocycles. The van der Waals surface area contributed by atoms with E-state index in [1.807, 2.05) is 0 Å². The molecule has 0 aromatic carbocycles. The van der Waals surface area contributed by atoms with Crippen molar-refractivity contribution in [3.05, 3.63) is 85.1 Å². The Morgan fingerprint density at radius 1 is 0.318 bits per heavy atom. The number of hydrogen-bond donors (Lipinski definition) is 0. The molecule has 380 valence electrons. The van der Waals surface area contributed by atoms with Gasteiger partial charge < -0.3 is 14.2 Å². The fraction of sp³-hybridized carbons (Fsp3) is 0.738. The molecule has 0 unspecified atom stereocenters. The topological polar surface area (TPSA) is 61.8 Å². The Hall–Kier alpha value is -2.92. The van der Waals surface area contributed by atoms with E-state index in [2.05, 4.69) is 106 Å². The number of esters is 2. The largest absolute Gasteiger partial charge is 0.463 e. The quantitative estimate of drug-likeness (QED) is 0.0346. The van der Waals surface area contributed by atoms with E-state index in [1.54, 1.807) is 0 Å². The minimum atomic E-state index is -0.445. The van der Waals surface area contributed by atoms with E-state index in [9.17, 15) is 9.59 Å². The first-order chi connectivity index (χ1) is 32.6. The Labute approximate surface area is 409 Å². The molecular weight excluding hydrogens is 813 g/mol. The van der Waals surface area contributed by atoms with Gasteiger partial charge in [-0.2, -0.15) is 0 Å². The van der Waals surface area contributed by atoms with Crippen LogP contribution in [0.15, 0.2) is 85.1 Å². The summed E-state index contributed by atoms with van der Waals surface area (Å²) >= 11 is 0. The minimum absolute atomic E-state index is 0.112. The Bertz CT molecular complexity index is 1220. The van der Waals surface area contributed by atoms with E-state index in [4.69, 9.17) is 14.2 Å². The summed E-state index contributed by atoms with van der Waals surface area (Å²) in [6, 6.07) is 0. The number of allylic oxidation sites excluding steroid dienone is 14. The van der Waals surface area contributed by atoms with Crippen LogP contribution in [0.1, 0.15) is 265 Å². The molecule has 0 bridgehead atoms. The normalized spacial score (nSPS) is 12.8. The van der Waals surface area contributed by atoms with Gasteiger partial charge in [0.15, 0.2) is 0 Å². The van der Waals surface area contributed by atoms with E-state index >= 15 is 0 Å². The fourth-order valence-corrected chi connectivity index (χ4v) is 7.67. The average molecular weight is 920 g/mol. The van der Waals surface area contributed by atoms with Crippen LogP contribution in [0.3, 0.4) is 0 Å². The van der Waals surface area contributed by atoms with E-state index in [-0.39, 0.29) is 25.2 Å². The zero-order chi connectivity index (χ0) is 47.7. The molecule has 0 aromatic rings. The SMILES string of the molecule is CCCCC/C=C\C/C=C\C/C=C\C/C=C\CCCC(=O)OC[C@H](COC(=O)CCC/C=C\C/C=C\C/C=C\CCCCCCCC)OCCCCCCCCCCCCCCCCCC.